The molecule has 0 saturated carbocycles. The number of carbonyl (C=O) groups is 1. The van der Waals surface area contributed by atoms with Gasteiger partial charge in [0.1, 0.15) is 6.29 Å². The highest BCUT2D eigenvalue weighted by Gasteiger charge is 2.27. The van der Waals surface area contributed by atoms with E-state index in [4.69, 9.17) is 0 Å². The highest BCUT2D eigenvalue weighted by Crippen LogP contribution is 2.34. The number of rotatable bonds is 9. The summed E-state index contributed by atoms with van der Waals surface area (Å²) >= 11 is 0. The maximum Gasteiger partial charge on any atom is 0.127 e. The molecule has 1 unspecified atom stereocenters. The molecule has 1 fully saturated rings. The lowest BCUT2D eigenvalue weighted by atomic mass is 9.86. The second-order valence-corrected chi connectivity index (χ2v) is 8.12. The van der Waals surface area contributed by atoms with E-state index in [0.717, 1.165) is 67.5 Å². The molecule has 31 heavy (non-hydrogen) atoms. The molecule has 0 aliphatic carbocycles. The molecule has 2 nitrogen and oxygen atoms in total. The number of likely N-dealkylation sites (tertiary alicyclic amines) is 1. The first-order valence-electron chi connectivity index (χ1n) is 11.2. The monoisotopic (exact) mass is 411 g/mol. The number of piperidine rings is 1. The van der Waals surface area contributed by atoms with Crippen LogP contribution in [0.2, 0.25) is 0 Å². The Balaban J connectivity index is 2.09. The first kappa shape index (κ1) is 22.6. The Morgan fingerprint density at radius 2 is 1.58 bits per heavy atom. The van der Waals surface area contributed by atoms with Crippen molar-refractivity contribution >= 4 is 18.4 Å². The molecular formula is C29H33NO. The van der Waals surface area contributed by atoms with Crippen LogP contribution in [0, 0.1) is 5.92 Å². The summed E-state index contributed by atoms with van der Waals surface area (Å²) in [5, 5.41) is 0. The van der Waals surface area contributed by atoms with E-state index in [2.05, 4.69) is 85.7 Å². The fourth-order valence-corrected chi connectivity index (χ4v) is 4.23. The van der Waals surface area contributed by atoms with Gasteiger partial charge in [-0.05, 0) is 65.7 Å². The van der Waals surface area contributed by atoms with E-state index < -0.39 is 0 Å². The summed E-state index contributed by atoms with van der Waals surface area (Å²) in [6, 6.07) is 17.1. The summed E-state index contributed by atoms with van der Waals surface area (Å²) in [6.45, 7) is 11.8. The third-order valence-corrected chi connectivity index (χ3v) is 5.69. The molecule has 2 aromatic rings. The zero-order chi connectivity index (χ0) is 22.1. The van der Waals surface area contributed by atoms with E-state index >= 15 is 0 Å². The lowest BCUT2D eigenvalue weighted by Crippen LogP contribution is -2.34. The van der Waals surface area contributed by atoms with Crippen molar-refractivity contribution in [2.45, 2.75) is 32.6 Å². The number of hydrogen-bond donors (Lipinski definition) is 0. The summed E-state index contributed by atoms with van der Waals surface area (Å²) in [5.41, 5.74) is 7.04. The van der Waals surface area contributed by atoms with Gasteiger partial charge in [-0.15, -0.1) is 13.2 Å². The molecule has 0 radical (unpaired) electrons. The van der Waals surface area contributed by atoms with E-state index in [1.807, 2.05) is 12.2 Å². The molecular weight excluding hydrogens is 378 g/mol. The zero-order valence-corrected chi connectivity index (χ0v) is 18.6. The predicted molar refractivity (Wildman–Crippen MR) is 133 cm³/mol. The van der Waals surface area contributed by atoms with Crippen LogP contribution in [0.15, 0.2) is 85.1 Å². The molecule has 1 aliphatic rings. The topological polar surface area (TPSA) is 20.3 Å². The number of carbonyl (C=O) groups excluding carboxylic acids is 1. The molecule has 1 saturated heterocycles. The summed E-state index contributed by atoms with van der Waals surface area (Å²) in [4.78, 5) is 14.5. The highest BCUT2D eigenvalue weighted by atomic mass is 16.1. The Morgan fingerprint density at radius 1 is 0.968 bits per heavy atom. The third-order valence-electron chi connectivity index (χ3n) is 5.69. The summed E-state index contributed by atoms with van der Waals surface area (Å²) < 4.78 is 0. The van der Waals surface area contributed by atoms with Crippen LogP contribution in [-0.2, 0) is 17.6 Å². The smallest absolute Gasteiger partial charge is 0.127 e. The van der Waals surface area contributed by atoms with Crippen LogP contribution in [0.4, 0.5) is 0 Å². The zero-order valence-electron chi connectivity index (χ0n) is 18.6. The van der Waals surface area contributed by atoms with Gasteiger partial charge in [0.05, 0.1) is 0 Å². The first-order valence-corrected chi connectivity index (χ1v) is 11.2. The minimum atomic E-state index is -0.0845. The van der Waals surface area contributed by atoms with Gasteiger partial charge in [0, 0.05) is 24.7 Å². The maximum atomic E-state index is 12.0. The lowest BCUT2D eigenvalue weighted by molar-refractivity contribution is -0.110. The van der Waals surface area contributed by atoms with Gasteiger partial charge in [-0.3, -0.25) is 0 Å². The van der Waals surface area contributed by atoms with Crippen molar-refractivity contribution in [3.63, 3.8) is 0 Å². The Bertz CT molecular complexity index is 982. The third kappa shape index (κ3) is 5.95. The van der Waals surface area contributed by atoms with E-state index in [-0.39, 0.29) is 5.92 Å². The number of aldehydes is 1. The van der Waals surface area contributed by atoms with Gasteiger partial charge in [-0.1, -0.05) is 67.6 Å². The van der Waals surface area contributed by atoms with Crippen LogP contribution in [0.1, 0.15) is 42.0 Å². The van der Waals surface area contributed by atoms with Gasteiger partial charge in [-0.25, -0.2) is 0 Å². The van der Waals surface area contributed by atoms with E-state index in [1.165, 1.54) is 11.1 Å². The minimum absolute atomic E-state index is 0.0845. The molecule has 0 amide bonds. The van der Waals surface area contributed by atoms with Gasteiger partial charge in [0.2, 0.25) is 0 Å². The fourth-order valence-electron chi connectivity index (χ4n) is 4.23. The van der Waals surface area contributed by atoms with E-state index in [0.29, 0.717) is 0 Å². The lowest BCUT2D eigenvalue weighted by Gasteiger charge is -2.36. The predicted octanol–water partition coefficient (Wildman–Crippen LogP) is 6.50. The van der Waals surface area contributed by atoms with Crippen molar-refractivity contribution in [3.05, 3.63) is 107 Å². The van der Waals surface area contributed by atoms with Crippen molar-refractivity contribution in [1.29, 1.82) is 0 Å². The van der Waals surface area contributed by atoms with Crippen molar-refractivity contribution in [3.8, 4) is 0 Å². The van der Waals surface area contributed by atoms with Crippen molar-refractivity contribution in [1.82, 2.24) is 4.90 Å². The van der Waals surface area contributed by atoms with Crippen LogP contribution in [0.3, 0.4) is 0 Å². The van der Waals surface area contributed by atoms with Gasteiger partial charge < -0.3 is 9.69 Å². The van der Waals surface area contributed by atoms with Gasteiger partial charge in [-0.2, -0.15) is 0 Å². The molecule has 2 aromatic carbocycles. The summed E-state index contributed by atoms with van der Waals surface area (Å²) in [6.07, 6.45) is 13.0. The molecule has 0 bridgehead atoms. The number of hydrogen-bond acceptors (Lipinski definition) is 2. The molecule has 0 spiro atoms. The summed E-state index contributed by atoms with van der Waals surface area (Å²) in [5.74, 6) is -0.0845. The SMILES string of the molecule is C=CCc1cccc(C=C2C(=Cc3cccc(CC=C)c3)N(CCC)CCC2C=O)c1. The average molecular weight is 412 g/mol. The van der Waals surface area contributed by atoms with Crippen LogP contribution in [-0.4, -0.2) is 24.3 Å². The van der Waals surface area contributed by atoms with Crippen molar-refractivity contribution in [2.24, 2.45) is 5.92 Å². The normalized spacial score (nSPS) is 18.9. The van der Waals surface area contributed by atoms with Crippen molar-refractivity contribution in [2.75, 3.05) is 13.1 Å². The Kier molecular flexibility index (Phi) is 8.23. The molecule has 1 aliphatic heterocycles. The van der Waals surface area contributed by atoms with Gasteiger partial charge in [0.15, 0.2) is 0 Å². The molecule has 0 aromatic heterocycles. The largest absolute Gasteiger partial charge is 0.371 e. The van der Waals surface area contributed by atoms with Crippen LogP contribution in [0.25, 0.3) is 12.2 Å². The highest BCUT2D eigenvalue weighted by molar-refractivity contribution is 5.74. The second kappa shape index (κ2) is 11.3. The van der Waals surface area contributed by atoms with Crippen LogP contribution >= 0.6 is 0 Å². The second-order valence-electron chi connectivity index (χ2n) is 8.12. The fraction of sp³-hybridized carbons (Fsp3) is 0.276. The van der Waals surface area contributed by atoms with Crippen LogP contribution in [0.5, 0.6) is 0 Å². The Hall–Kier alpha value is -3.13. The van der Waals surface area contributed by atoms with Gasteiger partial charge >= 0.3 is 0 Å². The van der Waals surface area contributed by atoms with E-state index in [1.54, 1.807) is 0 Å². The summed E-state index contributed by atoms with van der Waals surface area (Å²) in [7, 11) is 0. The molecule has 3 rings (SSSR count). The molecule has 2 heteroatoms. The molecule has 160 valence electrons. The van der Waals surface area contributed by atoms with E-state index in [9.17, 15) is 4.79 Å². The van der Waals surface area contributed by atoms with Gasteiger partial charge in [0.25, 0.3) is 0 Å². The standard InChI is InChI=1S/C29H33NO/c1-4-9-23-11-7-13-25(18-23)20-28-27(22-31)15-17-30(16-6-3)29(28)21-26-14-8-12-24(19-26)10-5-2/h4-5,7-8,11-14,18-22,27H,1-2,6,9-10,15-17H2,3H3. The quantitative estimate of drug-likeness (QED) is 0.347. The molecule has 1 atom stereocenters. The van der Waals surface area contributed by atoms with Crippen molar-refractivity contribution < 1.29 is 4.79 Å². The average Bonchev–Trinajstić information content (AvgIpc) is 2.77. The first-order chi connectivity index (χ1) is 15.2. The van der Waals surface area contributed by atoms with Crippen LogP contribution < -0.4 is 0 Å². The Labute approximate surface area is 187 Å². The molecule has 1 heterocycles. The minimum Gasteiger partial charge on any atom is -0.371 e. The maximum absolute atomic E-state index is 12.0. The molecule has 0 N–H and O–H groups in total. The Morgan fingerprint density at radius 3 is 2.13 bits per heavy atom. The number of benzene rings is 2. The number of nitrogens with zero attached hydrogens (tertiary/aromatic N) is 1. The number of allylic oxidation sites excluding steroid dienone is 3.